The minimum absolute atomic E-state index is 0.122. The van der Waals surface area contributed by atoms with Crippen molar-refractivity contribution in [2.24, 2.45) is 0 Å². The SMILES string of the molecule is CO[C@@H]1CS[C@@H](S)[C@H](Oc2ccc3ccc(=O)oc3c2)[C@H]1OCl. The first-order valence-corrected chi connectivity index (χ1v) is 8.80. The number of methoxy groups -OCH3 is 1. The Morgan fingerprint density at radius 3 is 2.83 bits per heavy atom. The Kier molecular flexibility index (Phi) is 5.43. The predicted octanol–water partition coefficient (Wildman–Crippen LogP) is 3.10. The molecule has 0 spiro atoms. The van der Waals surface area contributed by atoms with Crippen LogP contribution in [0.5, 0.6) is 5.75 Å². The van der Waals surface area contributed by atoms with E-state index in [1.807, 2.05) is 6.07 Å². The highest BCUT2D eigenvalue weighted by Gasteiger charge is 2.42. The van der Waals surface area contributed by atoms with Crippen LogP contribution in [-0.2, 0) is 9.03 Å². The van der Waals surface area contributed by atoms with Crippen molar-refractivity contribution in [1.82, 2.24) is 0 Å². The molecule has 23 heavy (non-hydrogen) atoms. The van der Waals surface area contributed by atoms with E-state index in [1.165, 1.54) is 6.07 Å². The summed E-state index contributed by atoms with van der Waals surface area (Å²) in [6, 6.07) is 8.37. The van der Waals surface area contributed by atoms with E-state index in [2.05, 4.69) is 12.6 Å². The zero-order valence-corrected chi connectivity index (χ0v) is 14.6. The first-order valence-electron chi connectivity index (χ1n) is 6.93. The lowest BCUT2D eigenvalue weighted by molar-refractivity contribution is -0.0374. The van der Waals surface area contributed by atoms with Crippen LogP contribution in [0.25, 0.3) is 11.0 Å². The number of thiol groups is 1. The molecule has 1 saturated heterocycles. The van der Waals surface area contributed by atoms with Crippen molar-refractivity contribution in [3.8, 4) is 5.75 Å². The van der Waals surface area contributed by atoms with E-state index in [9.17, 15) is 4.79 Å². The lowest BCUT2D eigenvalue weighted by atomic mass is 10.1. The molecule has 1 aromatic carbocycles. The molecule has 4 atom stereocenters. The summed E-state index contributed by atoms with van der Waals surface area (Å²) in [5.74, 6) is 1.26. The molecule has 0 amide bonds. The Balaban J connectivity index is 1.88. The van der Waals surface area contributed by atoms with Gasteiger partial charge in [-0.3, -0.25) is 4.29 Å². The molecule has 0 radical (unpaired) electrons. The number of hydrogen-bond donors (Lipinski definition) is 1. The molecule has 0 bridgehead atoms. The van der Waals surface area contributed by atoms with Crippen LogP contribution in [0.4, 0.5) is 0 Å². The van der Waals surface area contributed by atoms with Gasteiger partial charge in [0.25, 0.3) is 0 Å². The van der Waals surface area contributed by atoms with E-state index in [-0.39, 0.29) is 10.7 Å². The number of thioether (sulfide) groups is 1. The molecule has 1 aliphatic rings. The molecule has 1 fully saturated rings. The van der Waals surface area contributed by atoms with Gasteiger partial charge in [-0.1, -0.05) is 0 Å². The predicted molar refractivity (Wildman–Crippen MR) is 93.7 cm³/mol. The monoisotopic (exact) mass is 374 g/mol. The quantitative estimate of drug-likeness (QED) is 0.655. The molecule has 0 unspecified atom stereocenters. The van der Waals surface area contributed by atoms with E-state index in [0.29, 0.717) is 17.1 Å². The average molecular weight is 375 g/mol. The van der Waals surface area contributed by atoms with Crippen molar-refractivity contribution in [2.75, 3.05) is 12.9 Å². The van der Waals surface area contributed by atoms with Crippen LogP contribution < -0.4 is 10.4 Å². The van der Waals surface area contributed by atoms with Crippen LogP contribution in [-0.4, -0.2) is 35.8 Å². The van der Waals surface area contributed by atoms with Crippen molar-refractivity contribution in [3.05, 3.63) is 40.8 Å². The molecular weight excluding hydrogens is 360 g/mol. The largest absolute Gasteiger partial charge is 0.485 e. The van der Waals surface area contributed by atoms with Gasteiger partial charge in [-0.05, 0) is 18.2 Å². The number of benzene rings is 1. The second-order valence-electron chi connectivity index (χ2n) is 5.09. The summed E-state index contributed by atoms with van der Waals surface area (Å²) in [7, 11) is 1.61. The summed E-state index contributed by atoms with van der Waals surface area (Å²) < 4.78 is 21.5. The Hall–Kier alpha value is -0.860. The van der Waals surface area contributed by atoms with Gasteiger partial charge in [0, 0.05) is 30.4 Å². The van der Waals surface area contributed by atoms with Gasteiger partial charge in [-0.2, -0.15) is 12.6 Å². The van der Waals surface area contributed by atoms with Gasteiger partial charge < -0.3 is 13.9 Å². The zero-order chi connectivity index (χ0) is 16.4. The lowest BCUT2D eigenvalue weighted by Gasteiger charge is -2.38. The van der Waals surface area contributed by atoms with Crippen LogP contribution in [0.1, 0.15) is 0 Å². The summed E-state index contributed by atoms with van der Waals surface area (Å²) >= 11 is 11.8. The van der Waals surface area contributed by atoms with Crippen molar-refractivity contribution in [3.63, 3.8) is 0 Å². The van der Waals surface area contributed by atoms with Gasteiger partial charge in [0.15, 0.2) is 0 Å². The molecule has 5 nitrogen and oxygen atoms in total. The van der Waals surface area contributed by atoms with Gasteiger partial charge in [-0.15, -0.1) is 11.8 Å². The summed E-state index contributed by atoms with van der Waals surface area (Å²) in [4.78, 5) is 11.3. The Morgan fingerprint density at radius 1 is 1.30 bits per heavy atom. The minimum atomic E-state index is -0.455. The van der Waals surface area contributed by atoms with Crippen LogP contribution in [0.2, 0.25) is 0 Å². The Morgan fingerprint density at radius 2 is 2.09 bits per heavy atom. The van der Waals surface area contributed by atoms with Crippen LogP contribution in [0.3, 0.4) is 0 Å². The Labute approximate surface area is 147 Å². The maximum absolute atomic E-state index is 11.3. The fourth-order valence-electron chi connectivity index (χ4n) is 2.46. The third-order valence-corrected chi connectivity index (χ3v) is 5.75. The van der Waals surface area contributed by atoms with Crippen LogP contribution in [0.15, 0.2) is 39.5 Å². The molecule has 1 aromatic heterocycles. The zero-order valence-electron chi connectivity index (χ0n) is 12.2. The fraction of sp³-hybridized carbons (Fsp3) is 0.400. The summed E-state index contributed by atoms with van der Waals surface area (Å²) in [5, 5.41) is 0.817. The molecule has 3 rings (SSSR count). The minimum Gasteiger partial charge on any atom is -0.485 e. The molecule has 0 aliphatic carbocycles. The first kappa shape index (κ1) is 17.0. The standard InChI is InChI=1S/C15H15ClO5S2/c1-18-11-7-23-15(22)14(13(11)21-16)19-9-4-2-8-3-5-12(17)20-10(8)6-9/h2-6,11,13-15,22H,7H2,1H3/t11-,13+,14-,15-/m1/s1. The van der Waals surface area contributed by atoms with E-state index >= 15 is 0 Å². The van der Waals surface area contributed by atoms with E-state index in [0.717, 1.165) is 5.39 Å². The fourth-order valence-corrected chi connectivity index (χ4v) is 4.28. The highest BCUT2D eigenvalue weighted by molar-refractivity contribution is 8.10. The Bertz CT molecular complexity index is 737. The second-order valence-corrected chi connectivity index (χ2v) is 7.35. The van der Waals surface area contributed by atoms with E-state index in [1.54, 1.807) is 37.1 Å². The van der Waals surface area contributed by atoms with Crippen LogP contribution in [0, 0.1) is 0 Å². The maximum atomic E-state index is 11.3. The third-order valence-electron chi connectivity index (χ3n) is 3.67. The first-order chi connectivity index (χ1) is 11.1. The molecule has 2 heterocycles. The number of hydrogen-bond acceptors (Lipinski definition) is 7. The highest BCUT2D eigenvalue weighted by atomic mass is 35.5. The van der Waals surface area contributed by atoms with Crippen molar-refractivity contribution < 1.29 is 18.2 Å². The van der Waals surface area contributed by atoms with Crippen LogP contribution >= 0.6 is 36.3 Å². The molecule has 0 N–H and O–H groups in total. The van der Waals surface area contributed by atoms with Gasteiger partial charge in [0.1, 0.15) is 23.5 Å². The molecule has 8 heteroatoms. The molecule has 1 aliphatic heterocycles. The van der Waals surface area contributed by atoms with Gasteiger partial charge in [-0.25, -0.2) is 4.79 Å². The molecule has 124 valence electrons. The van der Waals surface area contributed by atoms with Gasteiger partial charge in [0.2, 0.25) is 0 Å². The number of ether oxygens (including phenoxy) is 2. The average Bonchev–Trinajstić information content (AvgIpc) is 2.56. The maximum Gasteiger partial charge on any atom is 0.336 e. The van der Waals surface area contributed by atoms with Gasteiger partial charge >= 0.3 is 5.63 Å². The topological polar surface area (TPSA) is 57.9 Å². The number of halogens is 1. The lowest BCUT2D eigenvalue weighted by Crippen LogP contribution is -2.51. The van der Waals surface area contributed by atoms with Gasteiger partial charge in [0.05, 0.1) is 22.6 Å². The van der Waals surface area contributed by atoms with Crippen molar-refractivity contribution in [1.29, 1.82) is 0 Å². The normalized spacial score (nSPS) is 28.0. The number of rotatable bonds is 4. The summed E-state index contributed by atoms with van der Waals surface area (Å²) in [6.07, 6.45) is -1.05. The summed E-state index contributed by atoms with van der Waals surface area (Å²) in [6.45, 7) is 0. The molecule has 2 aromatic rings. The highest BCUT2D eigenvalue weighted by Crippen LogP contribution is 2.35. The molecular formula is C15H15ClO5S2. The number of fused-ring (bicyclic) bond motifs is 1. The van der Waals surface area contributed by atoms with Crippen molar-refractivity contribution in [2.45, 2.75) is 22.9 Å². The van der Waals surface area contributed by atoms with E-state index < -0.39 is 17.8 Å². The van der Waals surface area contributed by atoms with E-state index in [4.69, 9.17) is 30.0 Å². The molecule has 0 saturated carbocycles. The van der Waals surface area contributed by atoms with Crippen molar-refractivity contribution >= 4 is 47.2 Å². The second kappa shape index (κ2) is 7.36. The summed E-state index contributed by atoms with van der Waals surface area (Å²) in [5.41, 5.74) is 0.0529. The third kappa shape index (κ3) is 3.64. The smallest absolute Gasteiger partial charge is 0.336 e.